The highest BCUT2D eigenvalue weighted by atomic mass is 16.6. The van der Waals surface area contributed by atoms with Gasteiger partial charge in [-0.3, -0.25) is 28.8 Å². The van der Waals surface area contributed by atoms with Gasteiger partial charge >= 0.3 is 23.9 Å². The quantitative estimate of drug-likeness (QED) is 0.0237. The van der Waals surface area contributed by atoms with E-state index in [-0.39, 0.29) is 49.1 Å². The molecule has 0 aromatic carbocycles. The normalized spacial score (nSPS) is 21.3. The van der Waals surface area contributed by atoms with E-state index in [4.69, 9.17) is 24.1 Å². The minimum Gasteiger partial charge on any atom is -0.463 e. The molecule has 0 saturated carbocycles. The molecule has 0 aromatic heterocycles. The van der Waals surface area contributed by atoms with Crippen molar-refractivity contribution >= 4 is 35.4 Å². The van der Waals surface area contributed by atoms with E-state index < -0.39 is 117 Å². The number of Topliss-reactive ketones (excluding diaryl/α,β-unsaturated/α-hetero) is 2. The fourth-order valence-electron chi connectivity index (χ4n) is 8.35. The van der Waals surface area contributed by atoms with Gasteiger partial charge in [-0.1, -0.05) is 148 Å². The van der Waals surface area contributed by atoms with Crippen molar-refractivity contribution in [1.82, 2.24) is 0 Å². The first kappa shape index (κ1) is 74.0. The highest BCUT2D eigenvalue weighted by Crippen LogP contribution is 2.41. The Morgan fingerprint density at radius 2 is 0.890 bits per heavy atom. The van der Waals surface area contributed by atoms with Gasteiger partial charge in [-0.25, -0.2) is 0 Å². The van der Waals surface area contributed by atoms with Crippen molar-refractivity contribution in [3.8, 4) is 0 Å². The summed E-state index contributed by atoms with van der Waals surface area (Å²) in [6.45, 7) is 22.7. The number of hydrogen-bond acceptors (Lipinski definition) is 19. The van der Waals surface area contributed by atoms with Crippen molar-refractivity contribution in [3.63, 3.8) is 0 Å². The third kappa shape index (κ3) is 26.1. The minimum atomic E-state index is -1.88. The molecule has 0 amide bonds. The molecule has 0 aliphatic heterocycles. The van der Waals surface area contributed by atoms with E-state index in [0.717, 1.165) is 27.9 Å². The van der Waals surface area contributed by atoms with Gasteiger partial charge in [0.05, 0.1) is 38.4 Å². The van der Waals surface area contributed by atoms with Crippen molar-refractivity contribution in [2.75, 3.05) is 19.8 Å². The van der Waals surface area contributed by atoms with Gasteiger partial charge in [-0.05, 0) is 89.4 Å². The SMILES string of the molecule is C/C=C/C(C)=C/C=C/C(C)=C/C=C/C=C(C)/C=C/C=C(C)/C=C/C1=C(C)C(=O)C(OC(=O)CCC(=O)OCC(O)C(O)C(O)C(O)CO)CC1(C)C.CCC(O)C(O)C(O)C(O)COC(=O)CCC(=O)OC1CC(C)(C)C(C)=C(C)C1=O. The smallest absolute Gasteiger partial charge is 0.307 e. The minimum absolute atomic E-state index is 0.169. The fraction of sp³-hybridized carbons (Fsp3) is 0.556. The van der Waals surface area contributed by atoms with Gasteiger partial charge < -0.3 is 64.9 Å². The van der Waals surface area contributed by atoms with E-state index >= 15 is 0 Å². The van der Waals surface area contributed by atoms with Gasteiger partial charge in [-0.15, -0.1) is 0 Å². The molecule has 0 fully saturated rings. The van der Waals surface area contributed by atoms with Crippen molar-refractivity contribution in [1.29, 1.82) is 0 Å². The molecule has 0 heterocycles. The number of rotatable bonds is 29. The average Bonchev–Trinajstić information content (AvgIpc) is 3.52. The van der Waals surface area contributed by atoms with E-state index in [2.05, 4.69) is 32.1 Å². The lowest BCUT2D eigenvalue weighted by Gasteiger charge is -2.36. The van der Waals surface area contributed by atoms with Crippen LogP contribution in [0.2, 0.25) is 0 Å². The number of carbonyl (C=O) groups excluding carboxylic acids is 6. The Balaban J connectivity index is 0.000000947. The van der Waals surface area contributed by atoms with E-state index in [9.17, 15) is 69.6 Å². The van der Waals surface area contributed by atoms with Crippen LogP contribution in [0, 0.1) is 10.8 Å². The molecule has 19 heteroatoms. The fourth-order valence-corrected chi connectivity index (χ4v) is 8.35. The second kappa shape index (κ2) is 36.6. The third-order valence-electron chi connectivity index (χ3n) is 14.0. The van der Waals surface area contributed by atoms with Crippen LogP contribution in [0.5, 0.6) is 0 Å². The second-order valence-corrected chi connectivity index (χ2v) is 21.9. The van der Waals surface area contributed by atoms with Gasteiger partial charge in [0.15, 0.2) is 23.8 Å². The van der Waals surface area contributed by atoms with Crippen molar-refractivity contribution in [2.24, 2.45) is 10.8 Å². The number of ketones is 2. The number of hydrogen-bond donors (Lipinski definition) is 9. The third-order valence-corrected chi connectivity index (χ3v) is 14.0. The zero-order valence-electron chi connectivity index (χ0n) is 50.0. The van der Waals surface area contributed by atoms with E-state index in [1.54, 1.807) is 20.8 Å². The van der Waals surface area contributed by atoms with Crippen LogP contribution in [-0.4, -0.2) is 162 Å². The van der Waals surface area contributed by atoms with Gasteiger partial charge in [0.2, 0.25) is 0 Å². The standard InChI is InChI=1S/C42H58O10.C21H34O9/c1-9-14-28(2)17-12-18-29(3)15-10-11-16-30(4)19-13-20-31(5)21-22-33-32(6)39(48)36(25-42(33,7)8)52-38(47)24-23-37(46)51-27-35(45)41(50)40(49)34(44)26-43;1-6-13(22)19(27)20(28)14(23)10-29-16(24)7-8-17(25)30-15-9-21(4,5)12(3)11(2)18(15)26/h9-22,34-36,40-41,43-45,49-50H,23-27H2,1-8H3;13-15,19-20,22-23,27-28H,6-10H2,1-5H3/b11-10+,14-9+,18-12+,19-13+,22-21+,28-17+,29-15+,30-16+,31-20+;. The Morgan fingerprint density at radius 1 is 0.524 bits per heavy atom. The summed E-state index contributed by atoms with van der Waals surface area (Å²) in [4.78, 5) is 73.9. The highest BCUT2D eigenvalue weighted by Gasteiger charge is 2.41. The molecule has 0 bridgehead atoms. The molecule has 2 aliphatic carbocycles. The van der Waals surface area contributed by atoms with Crippen molar-refractivity contribution in [3.05, 3.63) is 130 Å². The summed E-state index contributed by atoms with van der Waals surface area (Å²) < 4.78 is 20.3. The first-order chi connectivity index (χ1) is 38.2. The Morgan fingerprint density at radius 3 is 1.32 bits per heavy atom. The maximum Gasteiger partial charge on any atom is 0.307 e. The molecule has 458 valence electrons. The Bertz CT molecular complexity index is 2510. The predicted octanol–water partition coefficient (Wildman–Crippen LogP) is 5.97. The summed E-state index contributed by atoms with van der Waals surface area (Å²) in [6.07, 6.45) is 12.3. The molecule has 2 aliphatic rings. The van der Waals surface area contributed by atoms with Gasteiger partial charge in [0, 0.05) is 12.8 Å². The lowest BCUT2D eigenvalue weighted by Crippen LogP contribution is -2.47. The molecule has 10 unspecified atom stereocenters. The molecule has 19 nitrogen and oxygen atoms in total. The molecule has 82 heavy (non-hydrogen) atoms. The summed E-state index contributed by atoms with van der Waals surface area (Å²) in [7, 11) is 0. The molecule has 0 spiro atoms. The van der Waals surface area contributed by atoms with Gasteiger partial charge in [0.25, 0.3) is 0 Å². The number of aliphatic hydroxyl groups is 9. The molecular weight excluding hydrogens is 1060 g/mol. The van der Waals surface area contributed by atoms with Crippen LogP contribution >= 0.6 is 0 Å². The van der Waals surface area contributed by atoms with E-state index in [0.29, 0.717) is 17.6 Å². The lowest BCUT2D eigenvalue weighted by atomic mass is 9.71. The number of carbonyl (C=O) groups is 6. The van der Waals surface area contributed by atoms with E-state index in [1.165, 1.54) is 5.57 Å². The van der Waals surface area contributed by atoms with Crippen LogP contribution in [0.3, 0.4) is 0 Å². The van der Waals surface area contributed by atoms with Crippen LogP contribution in [0.1, 0.15) is 135 Å². The Hall–Kier alpha value is -6.00. The van der Waals surface area contributed by atoms with Crippen LogP contribution < -0.4 is 0 Å². The Labute approximate surface area is 483 Å². The monoisotopic (exact) mass is 1150 g/mol. The summed E-state index contributed by atoms with van der Waals surface area (Å²) in [6, 6.07) is 0. The summed E-state index contributed by atoms with van der Waals surface area (Å²) in [5.41, 5.74) is 6.48. The molecular formula is C63H92O19. The topological polar surface area (TPSA) is 321 Å². The number of allylic oxidation sites excluding steroid dienone is 20. The average molecular weight is 1150 g/mol. The van der Waals surface area contributed by atoms with Gasteiger partial charge in [0.1, 0.15) is 55.9 Å². The number of ether oxygens (including phenoxy) is 4. The van der Waals surface area contributed by atoms with Crippen LogP contribution in [-0.2, 0) is 47.7 Å². The van der Waals surface area contributed by atoms with Crippen molar-refractivity contribution < 1.29 is 93.7 Å². The first-order valence-corrected chi connectivity index (χ1v) is 27.5. The van der Waals surface area contributed by atoms with Crippen LogP contribution in [0.15, 0.2) is 130 Å². The summed E-state index contributed by atoms with van der Waals surface area (Å²) in [5, 5.41) is 86.2. The molecule has 10 atom stereocenters. The maximum absolute atomic E-state index is 13.2. The molecule has 0 radical (unpaired) electrons. The number of aliphatic hydroxyl groups excluding tert-OH is 9. The predicted molar refractivity (Wildman–Crippen MR) is 310 cm³/mol. The first-order valence-electron chi connectivity index (χ1n) is 27.5. The number of esters is 4. The molecule has 0 saturated heterocycles. The summed E-state index contributed by atoms with van der Waals surface area (Å²) in [5.74, 6) is -3.74. The highest BCUT2D eigenvalue weighted by molar-refractivity contribution is 6.02. The van der Waals surface area contributed by atoms with Gasteiger partial charge in [-0.2, -0.15) is 0 Å². The Kier molecular flexibility index (Phi) is 33.0. The molecule has 9 N–H and O–H groups in total. The molecule has 0 aromatic rings. The largest absolute Gasteiger partial charge is 0.463 e. The maximum atomic E-state index is 13.2. The van der Waals surface area contributed by atoms with Crippen LogP contribution in [0.25, 0.3) is 0 Å². The second-order valence-electron chi connectivity index (χ2n) is 21.9. The van der Waals surface area contributed by atoms with E-state index in [1.807, 2.05) is 122 Å². The summed E-state index contributed by atoms with van der Waals surface area (Å²) >= 11 is 0. The molecule has 2 rings (SSSR count). The zero-order valence-corrected chi connectivity index (χ0v) is 50.0. The van der Waals surface area contributed by atoms with Crippen molar-refractivity contribution in [2.45, 2.75) is 196 Å². The zero-order chi connectivity index (χ0) is 62.7. The lowest BCUT2D eigenvalue weighted by molar-refractivity contribution is -0.161. The van der Waals surface area contributed by atoms with Crippen LogP contribution in [0.4, 0.5) is 0 Å².